The first-order chi connectivity index (χ1) is 8.74. The van der Waals surface area contributed by atoms with Gasteiger partial charge in [-0.3, -0.25) is 0 Å². The topological polar surface area (TPSA) is 29.3 Å². The minimum atomic E-state index is 0.522. The summed E-state index contributed by atoms with van der Waals surface area (Å²) in [5, 5.41) is 3.59. The molecule has 0 aromatic carbocycles. The minimum absolute atomic E-state index is 0.522. The molecule has 1 fully saturated rings. The average molecular weight is 261 g/mol. The van der Waals surface area contributed by atoms with Gasteiger partial charge in [-0.2, -0.15) is 11.8 Å². The number of fused-ring (bicyclic) bond motifs is 1. The third kappa shape index (κ3) is 2.15. The molecule has 4 heteroatoms. The van der Waals surface area contributed by atoms with E-state index in [2.05, 4.69) is 46.2 Å². The van der Waals surface area contributed by atoms with Crippen molar-refractivity contribution < 1.29 is 0 Å². The van der Waals surface area contributed by atoms with E-state index in [9.17, 15) is 0 Å². The molecule has 1 aliphatic rings. The molecule has 96 valence electrons. The molecular formula is C14H19N3S. The molecule has 0 aliphatic heterocycles. The van der Waals surface area contributed by atoms with Gasteiger partial charge in [0.15, 0.2) is 0 Å². The van der Waals surface area contributed by atoms with Crippen LogP contribution < -0.4 is 5.32 Å². The Kier molecular flexibility index (Phi) is 3.08. The molecular weight excluding hydrogens is 242 g/mol. The van der Waals surface area contributed by atoms with Crippen LogP contribution in [0.1, 0.15) is 24.2 Å². The fourth-order valence-electron chi connectivity index (χ4n) is 2.38. The lowest BCUT2D eigenvalue weighted by atomic mass is 10.3. The monoisotopic (exact) mass is 261 g/mol. The lowest BCUT2D eigenvalue weighted by Crippen LogP contribution is -2.26. The average Bonchev–Trinajstić information content (AvgIpc) is 3.09. The molecule has 0 atom stereocenters. The maximum atomic E-state index is 4.58. The normalized spacial score (nSPS) is 17.2. The molecule has 3 nitrogen and oxygen atoms in total. The van der Waals surface area contributed by atoms with Crippen LogP contribution in [-0.4, -0.2) is 26.9 Å². The zero-order valence-corrected chi connectivity index (χ0v) is 11.8. The van der Waals surface area contributed by atoms with Gasteiger partial charge in [-0.05, 0) is 38.2 Å². The Morgan fingerprint density at radius 2 is 2.28 bits per heavy atom. The number of nitrogens with zero attached hydrogens (tertiary/aromatic N) is 2. The van der Waals surface area contributed by atoms with Crippen LogP contribution in [0, 0.1) is 6.92 Å². The van der Waals surface area contributed by atoms with Gasteiger partial charge >= 0.3 is 0 Å². The van der Waals surface area contributed by atoms with Crippen LogP contribution in [0.15, 0.2) is 24.4 Å². The molecule has 0 bridgehead atoms. The van der Waals surface area contributed by atoms with Gasteiger partial charge in [-0.15, -0.1) is 0 Å². The van der Waals surface area contributed by atoms with Crippen molar-refractivity contribution in [2.75, 3.05) is 12.8 Å². The van der Waals surface area contributed by atoms with Gasteiger partial charge in [0.25, 0.3) is 0 Å². The summed E-state index contributed by atoms with van der Waals surface area (Å²) in [7, 11) is 0. The van der Waals surface area contributed by atoms with Crippen molar-refractivity contribution in [3.05, 3.63) is 35.8 Å². The van der Waals surface area contributed by atoms with Crippen molar-refractivity contribution in [2.45, 2.75) is 31.1 Å². The molecule has 3 rings (SSSR count). The predicted molar refractivity (Wildman–Crippen MR) is 77.1 cm³/mol. The number of pyridine rings is 1. The summed E-state index contributed by atoms with van der Waals surface area (Å²) in [5.41, 5.74) is 3.45. The Morgan fingerprint density at radius 1 is 1.44 bits per heavy atom. The minimum Gasteiger partial charge on any atom is -0.310 e. The van der Waals surface area contributed by atoms with Crippen molar-refractivity contribution in [2.24, 2.45) is 0 Å². The summed E-state index contributed by atoms with van der Waals surface area (Å²) >= 11 is 2.00. The summed E-state index contributed by atoms with van der Waals surface area (Å²) < 4.78 is 2.70. The highest BCUT2D eigenvalue weighted by Gasteiger charge is 2.41. The molecule has 2 heterocycles. The summed E-state index contributed by atoms with van der Waals surface area (Å²) in [4.78, 5) is 4.58. The Hall–Kier alpha value is -1.00. The molecule has 1 aliphatic carbocycles. The van der Waals surface area contributed by atoms with Gasteiger partial charge in [-0.1, -0.05) is 6.07 Å². The Morgan fingerprint density at radius 3 is 3.00 bits per heavy atom. The van der Waals surface area contributed by atoms with E-state index in [-0.39, 0.29) is 0 Å². The Labute approximate surface area is 112 Å². The molecule has 2 aromatic rings. The zero-order chi connectivity index (χ0) is 12.6. The highest BCUT2D eigenvalue weighted by atomic mass is 32.2. The Bertz CT molecular complexity index is 557. The second kappa shape index (κ2) is 4.59. The van der Waals surface area contributed by atoms with Crippen LogP contribution >= 0.6 is 11.8 Å². The molecule has 2 aromatic heterocycles. The second-order valence-corrected chi connectivity index (χ2v) is 6.34. The van der Waals surface area contributed by atoms with E-state index in [1.165, 1.54) is 18.5 Å². The number of thioether (sulfide) groups is 1. The SMILES string of the molecule is CSC1(CNCc2c(C)nc3ccccn23)CC1. The van der Waals surface area contributed by atoms with E-state index in [0.29, 0.717) is 4.75 Å². The molecule has 1 saturated carbocycles. The van der Waals surface area contributed by atoms with E-state index in [1.54, 1.807) is 0 Å². The van der Waals surface area contributed by atoms with Gasteiger partial charge in [0.1, 0.15) is 5.65 Å². The maximum Gasteiger partial charge on any atom is 0.137 e. The lowest BCUT2D eigenvalue weighted by molar-refractivity contribution is 0.647. The first kappa shape index (κ1) is 12.1. The van der Waals surface area contributed by atoms with E-state index < -0.39 is 0 Å². The summed E-state index contributed by atoms with van der Waals surface area (Å²) in [5.74, 6) is 0. The van der Waals surface area contributed by atoms with Crippen LogP contribution in [-0.2, 0) is 6.54 Å². The molecule has 0 amide bonds. The summed E-state index contributed by atoms with van der Waals surface area (Å²) in [6.07, 6.45) is 7.02. The van der Waals surface area contributed by atoms with E-state index in [4.69, 9.17) is 0 Å². The van der Waals surface area contributed by atoms with Crippen LogP contribution in [0.5, 0.6) is 0 Å². The highest BCUT2D eigenvalue weighted by Crippen LogP contribution is 2.46. The third-order valence-corrected chi connectivity index (χ3v) is 5.23. The van der Waals surface area contributed by atoms with Gasteiger partial charge in [0, 0.05) is 24.0 Å². The molecule has 18 heavy (non-hydrogen) atoms. The molecule has 0 radical (unpaired) electrons. The van der Waals surface area contributed by atoms with Crippen LogP contribution in [0.4, 0.5) is 0 Å². The standard InChI is InChI=1S/C14H19N3S/c1-11-12(9-15-10-14(18-2)6-7-14)17-8-4-3-5-13(17)16-11/h3-5,8,15H,6-7,9-10H2,1-2H3. The lowest BCUT2D eigenvalue weighted by Gasteiger charge is -2.13. The smallest absolute Gasteiger partial charge is 0.137 e. The molecule has 0 unspecified atom stereocenters. The van der Waals surface area contributed by atoms with Crippen LogP contribution in [0.25, 0.3) is 5.65 Å². The van der Waals surface area contributed by atoms with Crippen LogP contribution in [0.3, 0.4) is 0 Å². The predicted octanol–water partition coefficient (Wildman–Crippen LogP) is 2.63. The van der Waals surface area contributed by atoms with E-state index >= 15 is 0 Å². The quantitative estimate of drug-likeness (QED) is 0.897. The number of rotatable bonds is 5. The van der Waals surface area contributed by atoms with Crippen molar-refractivity contribution in [1.82, 2.24) is 14.7 Å². The number of nitrogens with one attached hydrogen (secondary N) is 1. The number of hydrogen-bond donors (Lipinski definition) is 1. The van der Waals surface area contributed by atoms with Gasteiger partial charge < -0.3 is 9.72 Å². The van der Waals surface area contributed by atoms with Crippen molar-refractivity contribution in [3.8, 4) is 0 Å². The van der Waals surface area contributed by atoms with Crippen molar-refractivity contribution >= 4 is 17.4 Å². The van der Waals surface area contributed by atoms with E-state index in [1.807, 2.05) is 17.8 Å². The van der Waals surface area contributed by atoms with E-state index in [0.717, 1.165) is 24.4 Å². The van der Waals surface area contributed by atoms with Crippen LogP contribution in [0.2, 0.25) is 0 Å². The summed E-state index contributed by atoms with van der Waals surface area (Å²) in [6.45, 7) is 4.10. The zero-order valence-electron chi connectivity index (χ0n) is 10.9. The number of hydrogen-bond acceptors (Lipinski definition) is 3. The van der Waals surface area contributed by atoms with Gasteiger partial charge in [0.2, 0.25) is 0 Å². The maximum absolute atomic E-state index is 4.58. The van der Waals surface area contributed by atoms with Crippen molar-refractivity contribution in [3.63, 3.8) is 0 Å². The highest BCUT2D eigenvalue weighted by molar-refractivity contribution is 8.00. The van der Waals surface area contributed by atoms with Gasteiger partial charge in [0.05, 0.1) is 11.4 Å². The first-order valence-corrected chi connectivity index (χ1v) is 7.65. The second-order valence-electron chi connectivity index (χ2n) is 5.06. The largest absolute Gasteiger partial charge is 0.310 e. The fourth-order valence-corrected chi connectivity index (χ4v) is 3.14. The van der Waals surface area contributed by atoms with Crippen molar-refractivity contribution in [1.29, 1.82) is 0 Å². The number of aryl methyl sites for hydroxylation is 1. The molecule has 0 saturated heterocycles. The Balaban J connectivity index is 1.72. The third-order valence-electron chi connectivity index (χ3n) is 3.81. The molecule has 1 N–H and O–H groups in total. The number of aromatic nitrogens is 2. The molecule has 0 spiro atoms. The first-order valence-electron chi connectivity index (χ1n) is 6.42. The van der Waals surface area contributed by atoms with Gasteiger partial charge in [-0.25, -0.2) is 4.98 Å². The number of imidazole rings is 1. The summed E-state index contributed by atoms with van der Waals surface area (Å²) in [6, 6.07) is 6.15. The fraction of sp³-hybridized carbons (Fsp3) is 0.500.